The van der Waals surface area contributed by atoms with Gasteiger partial charge in [0.2, 0.25) is 0 Å². The van der Waals surface area contributed by atoms with E-state index < -0.39 is 0 Å². The standard InChI is InChI=1S/C23H30N6OS/c1-26-8-7-17-20(15-26)31-23-21(17)22(24)29(16-25-23)14-11-27-9-12-28(13-10-27)18-5-3-4-6-19(18)30-2/h3-6,16,24H,7-15H2,1-2H3. The van der Waals surface area contributed by atoms with Gasteiger partial charge in [-0.15, -0.1) is 11.3 Å². The number of anilines is 1. The third-order valence-corrected chi connectivity index (χ3v) is 7.65. The van der Waals surface area contributed by atoms with Crippen molar-refractivity contribution in [2.75, 3.05) is 58.3 Å². The van der Waals surface area contributed by atoms with E-state index in [9.17, 15) is 0 Å². The Balaban J connectivity index is 1.25. The number of rotatable bonds is 5. The molecule has 1 aromatic carbocycles. The third kappa shape index (κ3) is 3.95. The fourth-order valence-electron chi connectivity index (χ4n) is 4.70. The molecule has 31 heavy (non-hydrogen) atoms. The van der Waals surface area contributed by atoms with Crippen molar-refractivity contribution in [3.05, 3.63) is 46.5 Å². The number of hydrogen-bond donors (Lipinski definition) is 1. The summed E-state index contributed by atoms with van der Waals surface area (Å²) in [6.45, 7) is 7.79. The van der Waals surface area contributed by atoms with Gasteiger partial charge in [0, 0.05) is 57.2 Å². The normalized spacial score (nSPS) is 17.8. The lowest BCUT2D eigenvalue weighted by Crippen LogP contribution is -2.47. The second-order valence-electron chi connectivity index (χ2n) is 8.46. The lowest BCUT2D eigenvalue weighted by Gasteiger charge is -2.36. The molecule has 0 bridgehead atoms. The molecule has 0 radical (unpaired) electrons. The number of hydrogen-bond acceptors (Lipinski definition) is 7. The zero-order valence-electron chi connectivity index (χ0n) is 18.3. The molecule has 1 fully saturated rings. The van der Waals surface area contributed by atoms with Crippen LogP contribution in [0.5, 0.6) is 5.75 Å². The molecule has 5 rings (SSSR count). The van der Waals surface area contributed by atoms with Crippen LogP contribution >= 0.6 is 11.3 Å². The maximum atomic E-state index is 8.83. The summed E-state index contributed by atoms with van der Waals surface area (Å²) in [6, 6.07) is 8.25. The van der Waals surface area contributed by atoms with Crippen LogP contribution in [0.15, 0.2) is 30.6 Å². The molecule has 0 atom stereocenters. The van der Waals surface area contributed by atoms with E-state index in [0.717, 1.165) is 74.7 Å². The zero-order valence-corrected chi connectivity index (χ0v) is 19.1. The summed E-state index contributed by atoms with van der Waals surface area (Å²) >= 11 is 1.76. The number of benzene rings is 1. The summed E-state index contributed by atoms with van der Waals surface area (Å²) in [5.74, 6) is 0.940. The third-order valence-electron chi connectivity index (χ3n) is 6.52. The van der Waals surface area contributed by atoms with Crippen LogP contribution in [0.4, 0.5) is 5.69 Å². The van der Waals surface area contributed by atoms with E-state index in [4.69, 9.17) is 15.1 Å². The molecule has 3 aromatic rings. The molecule has 0 saturated carbocycles. The van der Waals surface area contributed by atoms with Crippen molar-refractivity contribution in [2.24, 2.45) is 0 Å². The number of likely N-dealkylation sites (N-methyl/N-ethyl adjacent to an activating group) is 1. The highest BCUT2D eigenvalue weighted by Crippen LogP contribution is 2.31. The molecule has 1 saturated heterocycles. The SMILES string of the molecule is COc1ccccc1N1CCN(CCn2cnc3sc4c(c3c2=N)CCN(C)C4)CC1. The molecule has 0 unspecified atom stereocenters. The monoisotopic (exact) mass is 438 g/mol. The van der Waals surface area contributed by atoms with Crippen molar-refractivity contribution in [3.8, 4) is 5.75 Å². The van der Waals surface area contributed by atoms with Crippen molar-refractivity contribution in [2.45, 2.75) is 19.5 Å². The van der Waals surface area contributed by atoms with Gasteiger partial charge < -0.3 is 19.1 Å². The van der Waals surface area contributed by atoms with E-state index in [1.54, 1.807) is 18.4 Å². The Morgan fingerprint density at radius 1 is 1.10 bits per heavy atom. The van der Waals surface area contributed by atoms with Crippen molar-refractivity contribution in [1.29, 1.82) is 5.41 Å². The maximum Gasteiger partial charge on any atom is 0.142 e. The van der Waals surface area contributed by atoms with Gasteiger partial charge in [-0.25, -0.2) is 4.98 Å². The summed E-state index contributed by atoms with van der Waals surface area (Å²) < 4.78 is 7.56. The second-order valence-corrected chi connectivity index (χ2v) is 9.54. The topological polar surface area (TPSA) is 60.6 Å². The average molecular weight is 439 g/mol. The van der Waals surface area contributed by atoms with Gasteiger partial charge in [-0.2, -0.15) is 0 Å². The highest BCUT2D eigenvalue weighted by Gasteiger charge is 2.22. The number of ether oxygens (including phenoxy) is 1. The van der Waals surface area contributed by atoms with Gasteiger partial charge >= 0.3 is 0 Å². The molecule has 0 amide bonds. The van der Waals surface area contributed by atoms with Crippen LogP contribution in [-0.2, 0) is 19.5 Å². The molecule has 7 nitrogen and oxygen atoms in total. The molecular weight excluding hydrogens is 408 g/mol. The predicted octanol–water partition coefficient (Wildman–Crippen LogP) is 2.40. The summed E-state index contributed by atoms with van der Waals surface area (Å²) in [5, 5.41) is 9.91. The first-order chi connectivity index (χ1) is 15.1. The van der Waals surface area contributed by atoms with Crippen LogP contribution in [-0.4, -0.2) is 72.8 Å². The van der Waals surface area contributed by atoms with Crippen LogP contribution in [0.25, 0.3) is 10.2 Å². The first-order valence-electron chi connectivity index (χ1n) is 11.0. The minimum absolute atomic E-state index is 0.625. The summed E-state index contributed by atoms with van der Waals surface area (Å²) in [4.78, 5) is 14.4. The number of piperazine rings is 1. The molecule has 0 aliphatic carbocycles. The number of thiophene rings is 1. The van der Waals surface area contributed by atoms with Crippen LogP contribution in [0.1, 0.15) is 10.4 Å². The van der Waals surface area contributed by atoms with Crippen molar-refractivity contribution in [3.63, 3.8) is 0 Å². The summed E-state index contributed by atoms with van der Waals surface area (Å²) in [5.41, 5.74) is 3.16. The highest BCUT2D eigenvalue weighted by atomic mass is 32.1. The smallest absolute Gasteiger partial charge is 0.142 e. The molecule has 8 heteroatoms. The Hall–Kier alpha value is -2.42. The van der Waals surface area contributed by atoms with Gasteiger partial charge in [0.1, 0.15) is 16.1 Å². The Morgan fingerprint density at radius 3 is 2.71 bits per heavy atom. The summed E-state index contributed by atoms with van der Waals surface area (Å²) in [7, 11) is 3.90. The number of para-hydroxylation sites is 2. The van der Waals surface area contributed by atoms with Crippen molar-refractivity contribution in [1.82, 2.24) is 19.4 Å². The molecule has 2 aliphatic rings. The van der Waals surface area contributed by atoms with Crippen LogP contribution in [0.3, 0.4) is 0 Å². The lowest BCUT2D eigenvalue weighted by molar-refractivity contribution is 0.246. The Bertz CT molecular complexity index is 1130. The van der Waals surface area contributed by atoms with E-state index in [1.807, 2.05) is 23.0 Å². The molecule has 0 spiro atoms. The largest absolute Gasteiger partial charge is 0.495 e. The predicted molar refractivity (Wildman–Crippen MR) is 125 cm³/mol. The molecule has 2 aromatic heterocycles. The van der Waals surface area contributed by atoms with E-state index >= 15 is 0 Å². The minimum atomic E-state index is 0.625. The van der Waals surface area contributed by atoms with E-state index in [2.05, 4.69) is 33.9 Å². The van der Waals surface area contributed by atoms with E-state index in [0.29, 0.717) is 5.49 Å². The highest BCUT2D eigenvalue weighted by molar-refractivity contribution is 7.18. The van der Waals surface area contributed by atoms with E-state index in [1.165, 1.54) is 16.1 Å². The van der Waals surface area contributed by atoms with Gasteiger partial charge in [0.15, 0.2) is 0 Å². The zero-order chi connectivity index (χ0) is 21.4. The number of aromatic nitrogens is 2. The Morgan fingerprint density at radius 2 is 1.90 bits per heavy atom. The number of methoxy groups -OCH3 is 1. The van der Waals surface area contributed by atoms with Gasteiger partial charge in [-0.3, -0.25) is 10.3 Å². The van der Waals surface area contributed by atoms with Crippen LogP contribution in [0, 0.1) is 5.41 Å². The van der Waals surface area contributed by atoms with Gasteiger partial charge in [-0.05, 0) is 31.2 Å². The Labute approximate surface area is 187 Å². The first kappa shape index (κ1) is 20.5. The van der Waals surface area contributed by atoms with Crippen molar-refractivity contribution < 1.29 is 4.74 Å². The second kappa shape index (κ2) is 8.61. The number of fused-ring (bicyclic) bond motifs is 3. The lowest BCUT2D eigenvalue weighted by atomic mass is 10.1. The van der Waals surface area contributed by atoms with Crippen molar-refractivity contribution >= 4 is 27.2 Å². The van der Waals surface area contributed by atoms with Gasteiger partial charge in [0.05, 0.1) is 24.5 Å². The summed E-state index contributed by atoms with van der Waals surface area (Å²) in [6.07, 6.45) is 2.88. The number of nitrogens with zero attached hydrogens (tertiary/aromatic N) is 5. The quantitative estimate of drug-likeness (QED) is 0.663. The van der Waals surface area contributed by atoms with Crippen LogP contribution < -0.4 is 15.1 Å². The molecule has 164 valence electrons. The average Bonchev–Trinajstić information content (AvgIpc) is 3.17. The van der Waals surface area contributed by atoms with E-state index in [-0.39, 0.29) is 0 Å². The fraction of sp³-hybridized carbons (Fsp3) is 0.478. The van der Waals surface area contributed by atoms with Crippen LogP contribution in [0.2, 0.25) is 0 Å². The molecule has 4 heterocycles. The van der Waals surface area contributed by atoms with Gasteiger partial charge in [0.25, 0.3) is 0 Å². The van der Waals surface area contributed by atoms with Gasteiger partial charge in [-0.1, -0.05) is 12.1 Å². The number of nitrogens with one attached hydrogen (secondary N) is 1. The minimum Gasteiger partial charge on any atom is -0.495 e. The Kier molecular flexibility index (Phi) is 5.69. The molecule has 1 N–H and O–H groups in total. The first-order valence-corrected chi connectivity index (χ1v) is 11.8. The molecular formula is C23H30N6OS. The maximum absolute atomic E-state index is 8.83. The fourth-order valence-corrected chi connectivity index (χ4v) is 5.96. The molecule has 2 aliphatic heterocycles.